The van der Waals surface area contributed by atoms with Gasteiger partial charge in [-0.2, -0.15) is 0 Å². The SMILES string of the molecule is C[NH+](C)CCc1c[nH]c2ccccc12. The predicted octanol–water partition coefficient (Wildman–Crippen LogP) is 0.855. The zero-order valence-corrected chi connectivity index (χ0v) is 8.80. The van der Waals surface area contributed by atoms with Crippen LogP contribution in [-0.2, 0) is 6.42 Å². The maximum atomic E-state index is 3.30. The fraction of sp³-hybridized carbons (Fsp3) is 0.333. The van der Waals surface area contributed by atoms with E-state index in [1.807, 2.05) is 0 Å². The summed E-state index contributed by atoms with van der Waals surface area (Å²) in [4.78, 5) is 4.80. The van der Waals surface area contributed by atoms with Crippen LogP contribution in [0.4, 0.5) is 0 Å². The first-order valence-corrected chi connectivity index (χ1v) is 5.11. The first-order chi connectivity index (χ1) is 6.77. The van der Waals surface area contributed by atoms with Crippen molar-refractivity contribution >= 4 is 10.9 Å². The lowest BCUT2D eigenvalue weighted by Gasteiger charge is -2.05. The molecule has 0 radical (unpaired) electrons. The molecule has 0 fully saturated rings. The number of benzene rings is 1. The van der Waals surface area contributed by atoms with E-state index in [-0.39, 0.29) is 0 Å². The minimum absolute atomic E-state index is 1.15. The summed E-state index contributed by atoms with van der Waals surface area (Å²) < 4.78 is 0. The molecule has 2 rings (SSSR count). The Balaban J connectivity index is 2.25. The van der Waals surface area contributed by atoms with E-state index in [1.54, 1.807) is 0 Å². The van der Waals surface area contributed by atoms with Gasteiger partial charge in [0.25, 0.3) is 0 Å². The molecule has 0 atom stereocenters. The lowest BCUT2D eigenvalue weighted by atomic mass is 10.1. The Morgan fingerprint density at radius 3 is 2.79 bits per heavy atom. The van der Waals surface area contributed by atoms with Gasteiger partial charge in [-0.15, -0.1) is 0 Å². The second-order valence-corrected chi connectivity index (χ2v) is 4.07. The predicted molar refractivity (Wildman–Crippen MR) is 59.7 cm³/mol. The Kier molecular flexibility index (Phi) is 2.55. The van der Waals surface area contributed by atoms with Gasteiger partial charge in [0.15, 0.2) is 0 Å². The number of fused-ring (bicyclic) bond motifs is 1. The third-order valence-corrected chi connectivity index (χ3v) is 2.57. The molecular formula is C12H17N2+. The molecule has 0 unspecified atom stereocenters. The van der Waals surface area contributed by atoms with E-state index >= 15 is 0 Å². The van der Waals surface area contributed by atoms with Crippen molar-refractivity contribution in [2.75, 3.05) is 20.6 Å². The minimum Gasteiger partial charge on any atom is -0.361 e. The third kappa shape index (κ3) is 1.80. The van der Waals surface area contributed by atoms with Crippen molar-refractivity contribution in [3.8, 4) is 0 Å². The lowest BCUT2D eigenvalue weighted by molar-refractivity contribution is -0.858. The number of likely N-dealkylation sites (N-methyl/N-ethyl adjacent to an activating group) is 1. The van der Waals surface area contributed by atoms with Crippen LogP contribution in [0.2, 0.25) is 0 Å². The Hall–Kier alpha value is -1.28. The van der Waals surface area contributed by atoms with Crippen LogP contribution in [0.3, 0.4) is 0 Å². The summed E-state index contributed by atoms with van der Waals surface area (Å²) in [6, 6.07) is 8.48. The van der Waals surface area contributed by atoms with Gasteiger partial charge in [-0.25, -0.2) is 0 Å². The number of nitrogens with one attached hydrogen (secondary N) is 2. The molecule has 0 aliphatic rings. The molecule has 1 aromatic carbocycles. The van der Waals surface area contributed by atoms with Crippen LogP contribution < -0.4 is 4.90 Å². The third-order valence-electron chi connectivity index (χ3n) is 2.57. The van der Waals surface area contributed by atoms with E-state index in [9.17, 15) is 0 Å². The van der Waals surface area contributed by atoms with Gasteiger partial charge in [-0.1, -0.05) is 18.2 Å². The fourth-order valence-corrected chi connectivity index (χ4v) is 1.72. The topological polar surface area (TPSA) is 20.2 Å². The standard InChI is InChI=1S/C12H16N2/c1-14(2)8-7-10-9-13-12-6-4-3-5-11(10)12/h3-6,9,13H,7-8H2,1-2H3/p+1. The largest absolute Gasteiger partial charge is 0.361 e. The normalized spacial score (nSPS) is 11.4. The van der Waals surface area contributed by atoms with Gasteiger partial charge in [-0.3, -0.25) is 0 Å². The van der Waals surface area contributed by atoms with Crippen molar-refractivity contribution in [3.05, 3.63) is 36.0 Å². The van der Waals surface area contributed by atoms with Crippen LogP contribution >= 0.6 is 0 Å². The number of aromatic amines is 1. The van der Waals surface area contributed by atoms with Gasteiger partial charge in [0.2, 0.25) is 0 Å². The number of para-hydroxylation sites is 1. The number of rotatable bonds is 3. The molecular weight excluding hydrogens is 172 g/mol. The van der Waals surface area contributed by atoms with E-state index in [4.69, 9.17) is 0 Å². The Morgan fingerprint density at radius 1 is 1.21 bits per heavy atom. The molecule has 1 heterocycles. The summed E-state index contributed by atoms with van der Waals surface area (Å²) in [5.41, 5.74) is 2.68. The second-order valence-electron chi connectivity index (χ2n) is 4.07. The van der Waals surface area contributed by atoms with Crippen molar-refractivity contribution in [3.63, 3.8) is 0 Å². The average Bonchev–Trinajstić information content (AvgIpc) is 2.58. The zero-order valence-electron chi connectivity index (χ0n) is 8.80. The molecule has 0 spiro atoms. The van der Waals surface area contributed by atoms with Crippen molar-refractivity contribution in [1.29, 1.82) is 0 Å². The summed E-state index contributed by atoms with van der Waals surface area (Å²) >= 11 is 0. The van der Waals surface area contributed by atoms with Crippen molar-refractivity contribution in [2.24, 2.45) is 0 Å². The van der Waals surface area contributed by atoms with Crippen LogP contribution in [0.5, 0.6) is 0 Å². The van der Waals surface area contributed by atoms with Crippen LogP contribution in [0.25, 0.3) is 10.9 Å². The molecule has 2 N–H and O–H groups in total. The summed E-state index contributed by atoms with van der Waals surface area (Å²) in [7, 11) is 4.38. The molecule has 1 aromatic heterocycles. The second kappa shape index (κ2) is 3.84. The van der Waals surface area contributed by atoms with E-state index in [1.165, 1.54) is 27.9 Å². The van der Waals surface area contributed by atoms with E-state index in [2.05, 4.69) is 49.5 Å². The average molecular weight is 189 g/mol. The molecule has 2 nitrogen and oxygen atoms in total. The van der Waals surface area contributed by atoms with Gasteiger partial charge < -0.3 is 9.88 Å². The monoisotopic (exact) mass is 189 g/mol. The van der Waals surface area contributed by atoms with Gasteiger partial charge in [0.05, 0.1) is 20.6 Å². The smallest absolute Gasteiger partial charge is 0.0808 e. The van der Waals surface area contributed by atoms with E-state index < -0.39 is 0 Å². The van der Waals surface area contributed by atoms with Crippen molar-refractivity contribution in [2.45, 2.75) is 6.42 Å². The molecule has 2 heteroatoms. The van der Waals surface area contributed by atoms with Gasteiger partial charge in [0.1, 0.15) is 0 Å². The summed E-state index contributed by atoms with van der Waals surface area (Å²) in [5, 5.41) is 1.37. The molecule has 0 saturated carbocycles. The summed E-state index contributed by atoms with van der Waals surface area (Å²) in [6.45, 7) is 1.18. The number of H-pyrrole nitrogens is 1. The molecule has 0 amide bonds. The first kappa shape index (κ1) is 9.28. The molecule has 14 heavy (non-hydrogen) atoms. The van der Waals surface area contributed by atoms with E-state index in [0.717, 1.165) is 6.42 Å². The zero-order chi connectivity index (χ0) is 9.97. The lowest BCUT2D eigenvalue weighted by Crippen LogP contribution is -3.05. The minimum atomic E-state index is 1.15. The molecule has 74 valence electrons. The Morgan fingerprint density at radius 2 is 2.00 bits per heavy atom. The molecule has 0 aliphatic carbocycles. The molecule has 2 aromatic rings. The highest BCUT2D eigenvalue weighted by Gasteiger charge is 2.03. The van der Waals surface area contributed by atoms with Crippen LogP contribution in [0.15, 0.2) is 30.5 Å². The maximum absolute atomic E-state index is 3.30. The quantitative estimate of drug-likeness (QED) is 0.714. The van der Waals surface area contributed by atoms with Crippen LogP contribution in [-0.4, -0.2) is 25.6 Å². The highest BCUT2D eigenvalue weighted by atomic mass is 15.0. The molecule has 0 saturated heterocycles. The number of hydrogen-bond acceptors (Lipinski definition) is 0. The van der Waals surface area contributed by atoms with Gasteiger partial charge in [0, 0.05) is 23.5 Å². The number of hydrogen-bond donors (Lipinski definition) is 2. The maximum Gasteiger partial charge on any atom is 0.0808 e. The summed E-state index contributed by atoms with van der Waals surface area (Å²) in [6.07, 6.45) is 3.28. The van der Waals surface area contributed by atoms with Crippen LogP contribution in [0, 0.1) is 0 Å². The molecule has 0 bridgehead atoms. The van der Waals surface area contributed by atoms with Crippen molar-refractivity contribution in [1.82, 2.24) is 4.98 Å². The van der Waals surface area contributed by atoms with Gasteiger partial charge >= 0.3 is 0 Å². The highest BCUT2D eigenvalue weighted by molar-refractivity contribution is 5.82. The molecule has 0 aliphatic heterocycles. The van der Waals surface area contributed by atoms with Gasteiger partial charge in [-0.05, 0) is 11.6 Å². The number of quaternary nitrogens is 1. The summed E-state index contributed by atoms with van der Waals surface area (Å²) in [5.74, 6) is 0. The van der Waals surface area contributed by atoms with Crippen molar-refractivity contribution < 1.29 is 4.90 Å². The van der Waals surface area contributed by atoms with Crippen LogP contribution in [0.1, 0.15) is 5.56 Å². The first-order valence-electron chi connectivity index (χ1n) is 5.11. The highest BCUT2D eigenvalue weighted by Crippen LogP contribution is 2.17. The van der Waals surface area contributed by atoms with E-state index in [0.29, 0.717) is 0 Å². The fourth-order valence-electron chi connectivity index (χ4n) is 1.72. The number of aromatic nitrogens is 1. The Labute approximate surface area is 84.5 Å². The Bertz CT molecular complexity index is 415.